The summed E-state index contributed by atoms with van der Waals surface area (Å²) in [4.78, 5) is 19.7. The van der Waals surface area contributed by atoms with Crippen LogP contribution in [0.4, 0.5) is 10.5 Å². The number of benzene rings is 2. The van der Waals surface area contributed by atoms with Crippen LogP contribution in [0.3, 0.4) is 0 Å². The van der Waals surface area contributed by atoms with Gasteiger partial charge in [0, 0.05) is 29.9 Å². The van der Waals surface area contributed by atoms with Gasteiger partial charge in [-0.05, 0) is 70.4 Å². The van der Waals surface area contributed by atoms with Gasteiger partial charge in [0.25, 0.3) is 5.89 Å². The zero-order chi connectivity index (χ0) is 30.5. The Balaban J connectivity index is 1.37. The highest BCUT2D eigenvalue weighted by molar-refractivity contribution is 5.74. The van der Waals surface area contributed by atoms with Crippen molar-refractivity contribution in [3.8, 4) is 34.3 Å². The van der Waals surface area contributed by atoms with Crippen molar-refractivity contribution in [2.45, 2.75) is 65.2 Å². The molecule has 2 aliphatic heterocycles. The number of nitrogens with one attached hydrogen (secondary N) is 1. The Morgan fingerprint density at radius 3 is 2.56 bits per heavy atom. The van der Waals surface area contributed by atoms with E-state index in [4.69, 9.17) is 33.2 Å². The number of rotatable bonds is 12. The Hall–Kier alpha value is -3.83. The van der Waals surface area contributed by atoms with Gasteiger partial charge in [-0.2, -0.15) is 4.98 Å². The smallest absolute Gasteiger partial charge is 0.407 e. The summed E-state index contributed by atoms with van der Waals surface area (Å²) >= 11 is 0. The van der Waals surface area contributed by atoms with Crippen molar-refractivity contribution in [1.82, 2.24) is 15.5 Å². The van der Waals surface area contributed by atoms with Gasteiger partial charge in [0.1, 0.15) is 5.54 Å². The minimum absolute atomic E-state index is 0.300. The Morgan fingerprint density at radius 1 is 1.05 bits per heavy atom. The summed E-state index contributed by atoms with van der Waals surface area (Å²) in [5, 5.41) is 7.40. The summed E-state index contributed by atoms with van der Waals surface area (Å²) in [5.74, 6) is 1.49. The average molecular weight is 595 g/mol. The number of hydrogen-bond donors (Lipinski definition) is 1. The first-order valence-electron chi connectivity index (χ1n) is 15.1. The highest BCUT2D eigenvalue weighted by atomic mass is 16.7. The number of amides is 1. The molecule has 1 N–H and O–H groups in total. The number of fused-ring (bicyclic) bond motifs is 1. The van der Waals surface area contributed by atoms with Crippen molar-refractivity contribution in [1.29, 1.82) is 0 Å². The summed E-state index contributed by atoms with van der Waals surface area (Å²) in [6.45, 7) is 12.9. The molecule has 2 aromatic carbocycles. The maximum absolute atomic E-state index is 12.7. The molecule has 0 atom stereocenters. The van der Waals surface area contributed by atoms with Crippen molar-refractivity contribution < 1.29 is 33.0 Å². The number of anilines is 1. The minimum atomic E-state index is -0.776. The molecule has 1 amide bonds. The lowest BCUT2D eigenvalue weighted by Crippen LogP contribution is -2.65. The number of ether oxygens (including phenoxy) is 5. The fourth-order valence-corrected chi connectivity index (χ4v) is 5.35. The molecule has 0 bridgehead atoms. The molecule has 0 saturated carbocycles. The molecule has 1 saturated heterocycles. The minimum Gasteiger partial charge on any atom is -0.490 e. The number of nitrogens with zero attached hydrogens (tertiary/aromatic N) is 3. The number of carbonyl (C=O) groups excluding carboxylic acids is 1. The molecular formula is C32H42N4O7. The molecule has 0 radical (unpaired) electrons. The molecule has 0 unspecified atom stereocenters. The lowest BCUT2D eigenvalue weighted by atomic mass is 9.99. The first kappa shape index (κ1) is 30.6. The van der Waals surface area contributed by atoms with Crippen molar-refractivity contribution in [2.75, 3.05) is 51.0 Å². The lowest BCUT2D eigenvalue weighted by molar-refractivity contribution is -0.268. The third-order valence-electron chi connectivity index (χ3n) is 7.56. The van der Waals surface area contributed by atoms with Gasteiger partial charge in [-0.1, -0.05) is 30.6 Å². The SMILES string of the molecule is CCCCOC(=O)NC1(CN2CCc3c(-c4noc(-c5ccc(OCC)c(OCC)c5)n4)cccc32)COC(C)(C)OC1. The summed E-state index contributed by atoms with van der Waals surface area (Å²) in [7, 11) is 0. The molecule has 1 aromatic heterocycles. The van der Waals surface area contributed by atoms with Crippen LogP contribution in [0, 0.1) is 0 Å². The second-order valence-electron chi connectivity index (χ2n) is 11.3. The first-order chi connectivity index (χ1) is 20.8. The average Bonchev–Trinajstić information content (AvgIpc) is 3.64. The number of alkyl carbamates (subject to hydrolysis) is 1. The van der Waals surface area contributed by atoms with Gasteiger partial charge in [0.05, 0.1) is 33.0 Å². The third-order valence-corrected chi connectivity index (χ3v) is 7.56. The van der Waals surface area contributed by atoms with Gasteiger partial charge in [-0.25, -0.2) is 4.79 Å². The molecular weight excluding hydrogens is 552 g/mol. The van der Waals surface area contributed by atoms with Crippen molar-refractivity contribution in [2.24, 2.45) is 0 Å². The molecule has 232 valence electrons. The molecule has 11 heteroatoms. The highest BCUT2D eigenvalue weighted by Gasteiger charge is 2.44. The van der Waals surface area contributed by atoms with E-state index < -0.39 is 17.4 Å². The number of hydrogen-bond acceptors (Lipinski definition) is 10. The molecule has 0 spiro atoms. The van der Waals surface area contributed by atoms with Crippen molar-refractivity contribution in [3.63, 3.8) is 0 Å². The maximum atomic E-state index is 12.7. The van der Waals surface area contributed by atoms with Crippen LogP contribution < -0.4 is 19.7 Å². The molecule has 11 nitrogen and oxygen atoms in total. The van der Waals surface area contributed by atoms with E-state index in [1.807, 2.05) is 58.0 Å². The van der Waals surface area contributed by atoms with E-state index >= 15 is 0 Å². The van der Waals surface area contributed by atoms with Crippen molar-refractivity contribution >= 4 is 11.8 Å². The Morgan fingerprint density at radius 2 is 1.81 bits per heavy atom. The summed E-state index contributed by atoms with van der Waals surface area (Å²) in [5.41, 5.74) is 3.05. The quantitative estimate of drug-likeness (QED) is 0.265. The third kappa shape index (κ3) is 7.05. The van der Waals surface area contributed by atoms with E-state index in [0.717, 1.165) is 48.2 Å². The largest absolute Gasteiger partial charge is 0.490 e. The van der Waals surface area contributed by atoms with Crippen LogP contribution in [-0.2, 0) is 20.6 Å². The fraction of sp³-hybridized carbons (Fsp3) is 0.531. The summed E-state index contributed by atoms with van der Waals surface area (Å²) in [6, 6.07) is 11.7. The van der Waals surface area contributed by atoms with Crippen molar-refractivity contribution in [3.05, 3.63) is 42.0 Å². The van der Waals surface area contributed by atoms with Gasteiger partial charge in [0.2, 0.25) is 5.82 Å². The predicted octanol–water partition coefficient (Wildman–Crippen LogP) is 5.61. The van der Waals surface area contributed by atoms with Crippen LogP contribution in [0.2, 0.25) is 0 Å². The molecule has 5 rings (SSSR count). The van der Waals surface area contributed by atoms with E-state index in [2.05, 4.69) is 28.4 Å². The van der Waals surface area contributed by atoms with Gasteiger partial charge >= 0.3 is 6.09 Å². The highest BCUT2D eigenvalue weighted by Crippen LogP contribution is 2.38. The molecule has 3 aromatic rings. The Bertz CT molecular complexity index is 1400. The van der Waals surface area contributed by atoms with Crippen LogP contribution >= 0.6 is 0 Å². The molecule has 3 heterocycles. The molecule has 0 aliphatic carbocycles. The number of carbonyl (C=O) groups is 1. The van der Waals surface area contributed by atoms with E-state index in [9.17, 15) is 4.79 Å². The fourth-order valence-electron chi connectivity index (χ4n) is 5.35. The molecule has 1 fully saturated rings. The van der Waals surface area contributed by atoms with E-state index in [1.54, 1.807) is 0 Å². The number of aromatic nitrogens is 2. The number of unbranched alkanes of at least 4 members (excludes halogenated alkanes) is 1. The zero-order valence-corrected chi connectivity index (χ0v) is 25.7. The second kappa shape index (κ2) is 13.2. The Labute approximate surface area is 252 Å². The summed E-state index contributed by atoms with van der Waals surface area (Å²) < 4.78 is 34.6. The van der Waals surface area contributed by atoms with Crippen LogP contribution in [-0.4, -0.2) is 73.7 Å². The van der Waals surface area contributed by atoms with E-state index in [0.29, 0.717) is 62.8 Å². The maximum Gasteiger partial charge on any atom is 0.407 e. The standard InChI is InChI=1S/C32H42N4O7/c1-6-9-17-40-30(37)34-32(20-41-31(4,5)42-21-32)19-36-16-15-23-24(11-10-12-25(23)36)28-33-29(43-35-28)22-13-14-26(38-7-2)27(18-22)39-8-3/h10-14,18H,6-9,15-17,19-21H2,1-5H3,(H,34,37). The summed E-state index contributed by atoms with van der Waals surface area (Å²) in [6.07, 6.45) is 2.08. The van der Waals surface area contributed by atoms with Gasteiger partial charge in [-0.15, -0.1) is 0 Å². The second-order valence-corrected chi connectivity index (χ2v) is 11.3. The van der Waals surface area contributed by atoms with Crippen LogP contribution in [0.5, 0.6) is 11.5 Å². The van der Waals surface area contributed by atoms with Crippen LogP contribution in [0.1, 0.15) is 53.0 Å². The molecule has 2 aliphatic rings. The Kier molecular flexibility index (Phi) is 9.41. The topological polar surface area (TPSA) is 117 Å². The van der Waals surface area contributed by atoms with Gasteiger partial charge < -0.3 is 38.4 Å². The monoisotopic (exact) mass is 594 g/mol. The normalized spacial score (nSPS) is 16.9. The predicted molar refractivity (Wildman–Crippen MR) is 162 cm³/mol. The van der Waals surface area contributed by atoms with Gasteiger partial charge in [-0.3, -0.25) is 0 Å². The van der Waals surface area contributed by atoms with E-state index in [1.165, 1.54) is 0 Å². The van der Waals surface area contributed by atoms with E-state index in [-0.39, 0.29) is 0 Å². The zero-order valence-electron chi connectivity index (χ0n) is 25.7. The van der Waals surface area contributed by atoms with Crippen LogP contribution in [0.25, 0.3) is 22.8 Å². The van der Waals surface area contributed by atoms with Crippen LogP contribution in [0.15, 0.2) is 40.9 Å². The lowest BCUT2D eigenvalue weighted by Gasteiger charge is -2.45. The van der Waals surface area contributed by atoms with Gasteiger partial charge in [0.15, 0.2) is 17.3 Å². The first-order valence-corrected chi connectivity index (χ1v) is 15.1. The molecule has 43 heavy (non-hydrogen) atoms.